The SMILES string of the molecule is CCc1nc2ccc(Cl)cn2c1C(=O)NCc1ccc(C2CCN(c3ccccc3)CC2)cc1. The number of para-hydroxylation sites is 1. The Bertz CT molecular complexity index is 1280. The lowest BCUT2D eigenvalue weighted by Crippen LogP contribution is -2.32. The lowest BCUT2D eigenvalue weighted by atomic mass is 9.89. The van der Waals surface area contributed by atoms with E-state index in [9.17, 15) is 4.79 Å². The van der Waals surface area contributed by atoms with Gasteiger partial charge in [0.15, 0.2) is 0 Å². The molecule has 0 saturated carbocycles. The lowest BCUT2D eigenvalue weighted by Gasteiger charge is -2.34. The number of nitrogens with zero attached hydrogens (tertiary/aromatic N) is 3. The van der Waals surface area contributed by atoms with Crippen LogP contribution in [0.15, 0.2) is 72.9 Å². The second-order valence-corrected chi connectivity index (χ2v) is 9.29. The van der Waals surface area contributed by atoms with E-state index in [1.807, 2.05) is 13.0 Å². The van der Waals surface area contributed by atoms with Gasteiger partial charge in [-0.05, 0) is 60.6 Å². The third-order valence-electron chi connectivity index (χ3n) is 6.73. The number of halogens is 1. The zero-order valence-corrected chi connectivity index (χ0v) is 20.1. The number of fused-ring (bicyclic) bond motifs is 1. The zero-order valence-electron chi connectivity index (χ0n) is 19.4. The first-order chi connectivity index (χ1) is 16.6. The minimum absolute atomic E-state index is 0.135. The minimum Gasteiger partial charge on any atom is -0.371 e. The van der Waals surface area contributed by atoms with E-state index in [1.165, 1.54) is 11.3 Å². The fourth-order valence-corrected chi connectivity index (χ4v) is 5.00. The first-order valence-electron chi connectivity index (χ1n) is 12.0. The lowest BCUT2D eigenvalue weighted by molar-refractivity contribution is 0.0944. The normalized spacial score (nSPS) is 14.5. The number of rotatable bonds is 6. The van der Waals surface area contributed by atoms with E-state index < -0.39 is 0 Å². The van der Waals surface area contributed by atoms with E-state index >= 15 is 0 Å². The maximum atomic E-state index is 13.0. The predicted octanol–water partition coefficient (Wildman–Crippen LogP) is 5.86. The average Bonchev–Trinajstić information content (AvgIpc) is 3.26. The van der Waals surface area contributed by atoms with Gasteiger partial charge in [-0.1, -0.05) is 61.0 Å². The molecule has 5 nitrogen and oxygen atoms in total. The number of aromatic nitrogens is 2. The standard InChI is InChI=1S/C28H29ClN4O/c1-2-25-27(33-19-23(29)12-13-26(33)31-25)28(34)30-18-20-8-10-21(11-9-20)22-14-16-32(17-15-22)24-6-4-3-5-7-24/h3-13,19,22H,2,14-18H2,1H3,(H,30,34). The number of hydrogen-bond donors (Lipinski definition) is 1. The first kappa shape index (κ1) is 22.5. The third-order valence-corrected chi connectivity index (χ3v) is 6.95. The average molecular weight is 473 g/mol. The summed E-state index contributed by atoms with van der Waals surface area (Å²) >= 11 is 6.16. The number of amides is 1. The van der Waals surface area contributed by atoms with E-state index in [0.29, 0.717) is 29.6 Å². The van der Waals surface area contributed by atoms with Crippen molar-refractivity contribution >= 4 is 28.8 Å². The van der Waals surface area contributed by atoms with Crippen molar-refractivity contribution in [1.29, 1.82) is 0 Å². The van der Waals surface area contributed by atoms with Crippen LogP contribution in [0.1, 0.15) is 53.0 Å². The maximum Gasteiger partial charge on any atom is 0.270 e. The fraction of sp³-hybridized carbons (Fsp3) is 0.286. The topological polar surface area (TPSA) is 49.6 Å². The Kier molecular flexibility index (Phi) is 6.54. The van der Waals surface area contributed by atoms with Gasteiger partial charge in [0, 0.05) is 31.5 Å². The van der Waals surface area contributed by atoms with E-state index in [1.54, 1.807) is 16.7 Å². The Morgan fingerprint density at radius 1 is 1.03 bits per heavy atom. The molecule has 6 heteroatoms. The van der Waals surface area contributed by atoms with Gasteiger partial charge >= 0.3 is 0 Å². The van der Waals surface area contributed by atoms with E-state index in [-0.39, 0.29) is 5.91 Å². The van der Waals surface area contributed by atoms with Gasteiger partial charge < -0.3 is 10.2 Å². The van der Waals surface area contributed by atoms with Crippen molar-refractivity contribution in [1.82, 2.24) is 14.7 Å². The highest BCUT2D eigenvalue weighted by atomic mass is 35.5. The number of carbonyl (C=O) groups excluding carboxylic acids is 1. The number of anilines is 1. The number of pyridine rings is 1. The van der Waals surface area contributed by atoms with Gasteiger partial charge in [-0.2, -0.15) is 0 Å². The van der Waals surface area contributed by atoms with E-state index in [2.05, 4.69) is 69.8 Å². The van der Waals surface area contributed by atoms with Crippen LogP contribution in [0, 0.1) is 0 Å². The molecule has 0 bridgehead atoms. The summed E-state index contributed by atoms with van der Waals surface area (Å²) in [4.78, 5) is 20.1. The van der Waals surface area contributed by atoms with Crippen LogP contribution in [-0.2, 0) is 13.0 Å². The van der Waals surface area contributed by atoms with Crippen molar-refractivity contribution in [3.63, 3.8) is 0 Å². The predicted molar refractivity (Wildman–Crippen MR) is 138 cm³/mol. The Morgan fingerprint density at radius 3 is 2.47 bits per heavy atom. The zero-order chi connectivity index (χ0) is 23.5. The van der Waals surface area contributed by atoms with Crippen LogP contribution in [-0.4, -0.2) is 28.4 Å². The molecule has 0 aliphatic carbocycles. The van der Waals surface area contributed by atoms with Gasteiger partial charge in [-0.15, -0.1) is 0 Å². The molecular weight excluding hydrogens is 444 g/mol. The van der Waals surface area contributed by atoms with Crippen molar-refractivity contribution in [2.45, 2.75) is 38.6 Å². The number of aryl methyl sites for hydroxylation is 1. The number of piperidine rings is 1. The Morgan fingerprint density at radius 2 is 1.76 bits per heavy atom. The molecule has 1 aliphatic rings. The third kappa shape index (κ3) is 4.66. The number of imidazole rings is 1. The summed E-state index contributed by atoms with van der Waals surface area (Å²) in [6.07, 6.45) is 4.74. The molecular formula is C28H29ClN4O. The smallest absolute Gasteiger partial charge is 0.270 e. The fourth-order valence-electron chi connectivity index (χ4n) is 4.84. The summed E-state index contributed by atoms with van der Waals surface area (Å²) in [6.45, 7) is 4.64. The summed E-state index contributed by atoms with van der Waals surface area (Å²) < 4.78 is 1.78. The van der Waals surface area contributed by atoms with Crippen molar-refractivity contribution in [3.05, 3.63) is 100 Å². The molecule has 3 heterocycles. The van der Waals surface area contributed by atoms with Crippen LogP contribution in [0.3, 0.4) is 0 Å². The highest BCUT2D eigenvalue weighted by molar-refractivity contribution is 6.30. The summed E-state index contributed by atoms with van der Waals surface area (Å²) in [5.74, 6) is 0.447. The monoisotopic (exact) mass is 472 g/mol. The molecule has 0 radical (unpaired) electrons. The van der Waals surface area contributed by atoms with Crippen LogP contribution in [0.25, 0.3) is 5.65 Å². The summed E-state index contributed by atoms with van der Waals surface area (Å²) in [5.41, 5.74) is 5.84. The van der Waals surface area contributed by atoms with Crippen LogP contribution in [0.2, 0.25) is 5.02 Å². The van der Waals surface area contributed by atoms with Crippen molar-refractivity contribution < 1.29 is 4.79 Å². The molecule has 174 valence electrons. The van der Waals surface area contributed by atoms with Gasteiger partial charge in [0.25, 0.3) is 5.91 Å². The molecule has 1 fully saturated rings. The number of benzene rings is 2. The molecule has 34 heavy (non-hydrogen) atoms. The Hall–Kier alpha value is -3.31. The molecule has 1 aliphatic heterocycles. The molecule has 1 amide bonds. The summed E-state index contributed by atoms with van der Waals surface area (Å²) in [6, 6.07) is 23.0. The second-order valence-electron chi connectivity index (χ2n) is 8.86. The van der Waals surface area contributed by atoms with E-state index in [0.717, 1.165) is 42.8 Å². The molecule has 2 aromatic carbocycles. The molecule has 2 aromatic heterocycles. The van der Waals surface area contributed by atoms with Crippen molar-refractivity contribution in [2.24, 2.45) is 0 Å². The van der Waals surface area contributed by atoms with E-state index in [4.69, 9.17) is 11.6 Å². The maximum absolute atomic E-state index is 13.0. The van der Waals surface area contributed by atoms with Crippen molar-refractivity contribution in [2.75, 3.05) is 18.0 Å². The van der Waals surface area contributed by atoms with Gasteiger partial charge in [0.2, 0.25) is 0 Å². The number of hydrogen-bond acceptors (Lipinski definition) is 3. The summed E-state index contributed by atoms with van der Waals surface area (Å²) in [5, 5.41) is 3.64. The minimum atomic E-state index is -0.135. The van der Waals surface area contributed by atoms with Gasteiger partial charge in [-0.3, -0.25) is 9.20 Å². The largest absolute Gasteiger partial charge is 0.371 e. The van der Waals surface area contributed by atoms with Crippen LogP contribution in [0.4, 0.5) is 5.69 Å². The van der Waals surface area contributed by atoms with Crippen LogP contribution < -0.4 is 10.2 Å². The highest BCUT2D eigenvalue weighted by Gasteiger charge is 2.21. The van der Waals surface area contributed by atoms with Crippen molar-refractivity contribution in [3.8, 4) is 0 Å². The highest BCUT2D eigenvalue weighted by Crippen LogP contribution is 2.30. The van der Waals surface area contributed by atoms with Crippen LogP contribution >= 0.6 is 11.6 Å². The molecule has 0 atom stereocenters. The van der Waals surface area contributed by atoms with Gasteiger partial charge in [0.1, 0.15) is 11.3 Å². The second kappa shape index (κ2) is 9.90. The van der Waals surface area contributed by atoms with Crippen LogP contribution in [0.5, 0.6) is 0 Å². The quantitative estimate of drug-likeness (QED) is 0.382. The molecule has 1 N–H and O–H groups in total. The van der Waals surface area contributed by atoms with Gasteiger partial charge in [-0.25, -0.2) is 4.98 Å². The molecule has 0 unspecified atom stereocenters. The van der Waals surface area contributed by atoms with Gasteiger partial charge in [0.05, 0.1) is 10.7 Å². The molecule has 1 saturated heterocycles. The number of nitrogens with one attached hydrogen (secondary N) is 1. The molecule has 4 aromatic rings. The first-order valence-corrected chi connectivity index (χ1v) is 12.3. The molecule has 5 rings (SSSR count). The molecule has 0 spiro atoms. The Labute approximate surface area is 205 Å². The summed E-state index contributed by atoms with van der Waals surface area (Å²) in [7, 11) is 0. The Balaban J connectivity index is 1.21. The number of carbonyl (C=O) groups is 1.